The summed E-state index contributed by atoms with van der Waals surface area (Å²) in [5.74, 6) is -0.332. The van der Waals surface area contributed by atoms with E-state index in [9.17, 15) is 9.59 Å². The van der Waals surface area contributed by atoms with Crippen LogP contribution >= 0.6 is 15.9 Å². The summed E-state index contributed by atoms with van der Waals surface area (Å²) in [7, 11) is 0. The van der Waals surface area contributed by atoms with Gasteiger partial charge in [-0.25, -0.2) is 0 Å². The Labute approximate surface area is 95.6 Å². The smallest absolute Gasteiger partial charge is 0.222 e. The van der Waals surface area contributed by atoms with Gasteiger partial charge in [0.05, 0.1) is 10.1 Å². The number of rotatable bonds is 0. The Kier molecular flexibility index (Phi) is 2.19. The van der Waals surface area contributed by atoms with E-state index in [4.69, 9.17) is 4.74 Å². The van der Waals surface area contributed by atoms with E-state index >= 15 is 0 Å². The van der Waals surface area contributed by atoms with Gasteiger partial charge in [-0.05, 0) is 41.9 Å². The lowest BCUT2D eigenvalue weighted by atomic mass is 9.95. The second kappa shape index (κ2) is 3.17. The molecule has 2 rings (SSSR count). The Morgan fingerprint density at radius 2 is 2.00 bits per heavy atom. The summed E-state index contributed by atoms with van der Waals surface area (Å²) < 4.78 is 5.74. The number of hydrogen-bond donors (Lipinski definition) is 0. The van der Waals surface area contributed by atoms with Gasteiger partial charge in [0.15, 0.2) is 5.76 Å². The molecule has 0 aromatic carbocycles. The second-order valence-corrected chi connectivity index (χ2v) is 4.82. The second-order valence-electron chi connectivity index (χ2n) is 3.97. The van der Waals surface area contributed by atoms with Crippen molar-refractivity contribution in [3.8, 4) is 0 Å². The van der Waals surface area contributed by atoms with E-state index < -0.39 is 5.60 Å². The monoisotopic (exact) mass is 268 g/mol. The van der Waals surface area contributed by atoms with Crippen LogP contribution in [0.1, 0.15) is 13.8 Å². The highest BCUT2D eigenvalue weighted by atomic mass is 79.9. The van der Waals surface area contributed by atoms with E-state index in [0.717, 1.165) is 0 Å². The third-order valence-corrected chi connectivity index (χ3v) is 2.79. The van der Waals surface area contributed by atoms with Gasteiger partial charge in [-0.2, -0.15) is 0 Å². The minimum atomic E-state index is -0.535. The van der Waals surface area contributed by atoms with Gasteiger partial charge in [-0.15, -0.1) is 0 Å². The van der Waals surface area contributed by atoms with E-state index in [0.29, 0.717) is 5.57 Å². The fourth-order valence-corrected chi connectivity index (χ4v) is 1.87. The van der Waals surface area contributed by atoms with Gasteiger partial charge in [0.25, 0.3) is 0 Å². The van der Waals surface area contributed by atoms with Crippen molar-refractivity contribution in [2.45, 2.75) is 19.4 Å². The molecule has 0 amide bonds. The first-order chi connectivity index (χ1) is 6.91. The fraction of sp³-hybridized carbons (Fsp3) is 0.273. The maximum absolute atomic E-state index is 11.7. The molecule has 78 valence electrons. The maximum atomic E-state index is 11.7. The van der Waals surface area contributed by atoms with Crippen molar-refractivity contribution < 1.29 is 14.3 Å². The summed E-state index contributed by atoms with van der Waals surface area (Å²) in [6.45, 7) is 3.66. The zero-order chi connectivity index (χ0) is 11.2. The van der Waals surface area contributed by atoms with Crippen LogP contribution in [0, 0.1) is 0 Å². The van der Waals surface area contributed by atoms with Gasteiger partial charge in [0.2, 0.25) is 11.6 Å². The summed E-state index contributed by atoms with van der Waals surface area (Å²) in [6.07, 6.45) is 4.66. The molecule has 0 atom stereocenters. The Morgan fingerprint density at radius 3 is 2.67 bits per heavy atom. The zero-order valence-corrected chi connectivity index (χ0v) is 9.92. The van der Waals surface area contributed by atoms with Gasteiger partial charge in [0, 0.05) is 6.08 Å². The molecule has 3 nitrogen and oxygen atoms in total. The van der Waals surface area contributed by atoms with E-state index in [1.807, 2.05) is 13.8 Å². The Hall–Kier alpha value is -1.16. The van der Waals surface area contributed by atoms with Crippen molar-refractivity contribution in [2.75, 3.05) is 0 Å². The van der Waals surface area contributed by atoms with Crippen LogP contribution < -0.4 is 0 Å². The lowest BCUT2D eigenvalue weighted by Gasteiger charge is -2.29. The molecule has 0 aromatic heterocycles. The SMILES string of the molecule is CC1(C)C=CC2=C(O1)C(=O)C=C(Br)C2=O. The van der Waals surface area contributed by atoms with E-state index in [1.54, 1.807) is 12.2 Å². The van der Waals surface area contributed by atoms with Crippen LogP contribution in [0.3, 0.4) is 0 Å². The predicted molar refractivity (Wildman–Crippen MR) is 58.4 cm³/mol. The highest BCUT2D eigenvalue weighted by Crippen LogP contribution is 2.32. The standard InChI is InChI=1S/C11H9BrO3/c1-11(2)4-3-6-9(14)7(12)5-8(13)10(6)15-11/h3-5H,1-2H3. The zero-order valence-electron chi connectivity index (χ0n) is 8.33. The molecule has 2 aliphatic rings. The molecule has 4 heteroatoms. The molecule has 1 aliphatic heterocycles. The Bertz CT molecular complexity index is 452. The minimum absolute atomic E-state index is 0.149. The number of halogens is 1. The molecule has 0 bridgehead atoms. The highest BCUT2D eigenvalue weighted by molar-refractivity contribution is 9.12. The Balaban J connectivity index is 2.49. The normalized spacial score (nSPS) is 23.5. The molecule has 0 N–H and O–H groups in total. The van der Waals surface area contributed by atoms with Gasteiger partial charge in [-0.3, -0.25) is 9.59 Å². The highest BCUT2D eigenvalue weighted by Gasteiger charge is 2.33. The largest absolute Gasteiger partial charge is 0.479 e. The third kappa shape index (κ3) is 1.69. The summed E-state index contributed by atoms with van der Waals surface area (Å²) in [6, 6.07) is 0. The molecule has 0 spiro atoms. The van der Waals surface area contributed by atoms with Crippen molar-refractivity contribution in [3.63, 3.8) is 0 Å². The molecular formula is C11H9BrO3. The van der Waals surface area contributed by atoms with Crippen LogP contribution in [0.5, 0.6) is 0 Å². The number of ether oxygens (including phenoxy) is 1. The summed E-state index contributed by atoms with van der Waals surface area (Å²) in [5.41, 5.74) is -0.208. The maximum Gasteiger partial charge on any atom is 0.222 e. The first kappa shape index (κ1) is 10.4. The molecule has 0 unspecified atom stereocenters. The van der Waals surface area contributed by atoms with Gasteiger partial charge < -0.3 is 4.74 Å². The molecule has 15 heavy (non-hydrogen) atoms. The first-order valence-electron chi connectivity index (χ1n) is 4.49. The van der Waals surface area contributed by atoms with Crippen LogP contribution in [0.25, 0.3) is 0 Å². The number of allylic oxidation sites excluding steroid dienone is 4. The van der Waals surface area contributed by atoms with Crippen molar-refractivity contribution in [2.24, 2.45) is 0 Å². The summed E-state index contributed by atoms with van der Waals surface area (Å²) >= 11 is 3.05. The third-order valence-electron chi connectivity index (χ3n) is 2.20. The number of carbonyl (C=O) groups excluding carboxylic acids is 2. The molecule has 1 aliphatic carbocycles. The van der Waals surface area contributed by atoms with Crippen LogP contribution in [-0.2, 0) is 14.3 Å². The van der Waals surface area contributed by atoms with Crippen molar-refractivity contribution >= 4 is 27.5 Å². The lowest BCUT2D eigenvalue weighted by Crippen LogP contribution is -2.30. The molecule has 0 fully saturated rings. The number of carbonyl (C=O) groups is 2. The van der Waals surface area contributed by atoms with Crippen LogP contribution in [0.2, 0.25) is 0 Å². The van der Waals surface area contributed by atoms with Gasteiger partial charge in [-0.1, -0.05) is 0 Å². The molecule has 0 aromatic rings. The number of Topliss-reactive ketones (excluding diaryl/α,β-unsaturated/α-hetero) is 1. The quantitative estimate of drug-likeness (QED) is 0.632. The topological polar surface area (TPSA) is 43.4 Å². The predicted octanol–water partition coefficient (Wildman–Crippen LogP) is 2.04. The van der Waals surface area contributed by atoms with Gasteiger partial charge in [0.1, 0.15) is 5.60 Å². The van der Waals surface area contributed by atoms with Gasteiger partial charge >= 0.3 is 0 Å². The number of hydrogen-bond acceptors (Lipinski definition) is 3. The molecular weight excluding hydrogens is 260 g/mol. The first-order valence-corrected chi connectivity index (χ1v) is 5.29. The number of ketones is 2. The van der Waals surface area contributed by atoms with Crippen molar-refractivity contribution in [1.29, 1.82) is 0 Å². The van der Waals surface area contributed by atoms with Crippen LogP contribution in [-0.4, -0.2) is 17.2 Å². The van der Waals surface area contributed by atoms with E-state index in [1.165, 1.54) is 6.08 Å². The fourth-order valence-electron chi connectivity index (χ4n) is 1.45. The van der Waals surface area contributed by atoms with Crippen LogP contribution in [0.15, 0.2) is 34.0 Å². The van der Waals surface area contributed by atoms with E-state index in [-0.39, 0.29) is 21.8 Å². The average Bonchev–Trinajstić information content (AvgIpc) is 2.13. The molecule has 0 saturated carbocycles. The Morgan fingerprint density at radius 1 is 1.33 bits per heavy atom. The molecule has 0 saturated heterocycles. The van der Waals surface area contributed by atoms with Crippen LogP contribution in [0.4, 0.5) is 0 Å². The summed E-state index contributed by atoms with van der Waals surface area (Å²) in [4.78, 5) is 23.3. The van der Waals surface area contributed by atoms with Crippen molar-refractivity contribution in [3.05, 3.63) is 34.0 Å². The lowest BCUT2D eigenvalue weighted by molar-refractivity contribution is -0.119. The minimum Gasteiger partial charge on any atom is -0.479 e. The molecule has 1 heterocycles. The van der Waals surface area contributed by atoms with Crippen molar-refractivity contribution in [1.82, 2.24) is 0 Å². The molecule has 0 radical (unpaired) electrons. The summed E-state index contributed by atoms with van der Waals surface area (Å²) in [5, 5.41) is 0. The van der Waals surface area contributed by atoms with E-state index in [2.05, 4.69) is 15.9 Å². The average molecular weight is 269 g/mol.